The van der Waals surface area contributed by atoms with Crippen LogP contribution in [0, 0.1) is 5.92 Å². The van der Waals surface area contributed by atoms with Crippen LogP contribution in [-0.2, 0) is 9.53 Å². The zero-order chi connectivity index (χ0) is 11.9. The fourth-order valence-electron chi connectivity index (χ4n) is 1.29. The van der Waals surface area contributed by atoms with Crippen molar-refractivity contribution in [2.24, 2.45) is 5.92 Å². The predicted octanol–water partition coefficient (Wildman–Crippen LogP) is 0.936. The zero-order valence-corrected chi connectivity index (χ0v) is 10.2. The van der Waals surface area contributed by atoms with Crippen molar-refractivity contribution in [3.8, 4) is 0 Å². The summed E-state index contributed by atoms with van der Waals surface area (Å²) in [5.41, 5.74) is -0.496. The number of hydrogen-bond donors (Lipinski definition) is 2. The van der Waals surface area contributed by atoms with Crippen LogP contribution >= 0.6 is 0 Å². The van der Waals surface area contributed by atoms with Gasteiger partial charge in [0.15, 0.2) is 0 Å². The SMILES string of the molecule is CCC(C)(CO)NC(=O)CC(C)COC. The van der Waals surface area contributed by atoms with Gasteiger partial charge in [0.2, 0.25) is 5.91 Å². The van der Waals surface area contributed by atoms with Gasteiger partial charge in [0, 0.05) is 20.1 Å². The van der Waals surface area contributed by atoms with Gasteiger partial charge in [-0.25, -0.2) is 0 Å². The Morgan fingerprint density at radius 1 is 1.60 bits per heavy atom. The second kappa shape index (κ2) is 6.80. The van der Waals surface area contributed by atoms with Gasteiger partial charge in [-0.1, -0.05) is 13.8 Å². The van der Waals surface area contributed by atoms with Crippen LogP contribution < -0.4 is 5.32 Å². The summed E-state index contributed by atoms with van der Waals surface area (Å²) in [5.74, 6) is 0.174. The van der Waals surface area contributed by atoms with Gasteiger partial charge >= 0.3 is 0 Å². The summed E-state index contributed by atoms with van der Waals surface area (Å²) in [6.07, 6.45) is 1.15. The lowest BCUT2D eigenvalue weighted by atomic mass is 9.99. The molecule has 0 aliphatic carbocycles. The number of amides is 1. The van der Waals surface area contributed by atoms with Gasteiger partial charge in [-0.3, -0.25) is 4.79 Å². The maximum atomic E-state index is 11.6. The lowest BCUT2D eigenvalue weighted by Gasteiger charge is -2.27. The Morgan fingerprint density at radius 3 is 2.60 bits per heavy atom. The molecule has 0 aliphatic rings. The van der Waals surface area contributed by atoms with Gasteiger partial charge in [0.25, 0.3) is 0 Å². The Bertz CT molecular complexity index is 190. The summed E-state index contributed by atoms with van der Waals surface area (Å²) < 4.78 is 4.96. The molecule has 90 valence electrons. The molecule has 0 aromatic heterocycles. The number of hydrogen-bond acceptors (Lipinski definition) is 3. The van der Waals surface area contributed by atoms with E-state index in [1.807, 2.05) is 20.8 Å². The molecule has 0 heterocycles. The van der Waals surface area contributed by atoms with Crippen molar-refractivity contribution in [2.45, 2.75) is 39.2 Å². The van der Waals surface area contributed by atoms with Crippen molar-refractivity contribution in [1.29, 1.82) is 0 Å². The van der Waals surface area contributed by atoms with Crippen molar-refractivity contribution < 1.29 is 14.6 Å². The van der Waals surface area contributed by atoms with E-state index in [-0.39, 0.29) is 18.4 Å². The van der Waals surface area contributed by atoms with Gasteiger partial charge in [-0.2, -0.15) is 0 Å². The minimum atomic E-state index is -0.496. The monoisotopic (exact) mass is 217 g/mol. The van der Waals surface area contributed by atoms with Crippen LogP contribution in [0.2, 0.25) is 0 Å². The average Bonchev–Trinajstić information content (AvgIpc) is 2.17. The van der Waals surface area contributed by atoms with Crippen LogP contribution in [0.4, 0.5) is 0 Å². The van der Waals surface area contributed by atoms with Crippen LogP contribution in [-0.4, -0.2) is 36.9 Å². The molecule has 4 heteroatoms. The number of rotatable bonds is 7. The molecule has 0 aromatic carbocycles. The van der Waals surface area contributed by atoms with E-state index >= 15 is 0 Å². The highest BCUT2D eigenvalue weighted by molar-refractivity contribution is 5.77. The molecular weight excluding hydrogens is 194 g/mol. The molecule has 1 amide bonds. The van der Waals surface area contributed by atoms with Gasteiger partial charge in [0.1, 0.15) is 0 Å². The molecule has 0 saturated heterocycles. The number of ether oxygens (including phenoxy) is 1. The molecule has 0 bridgehead atoms. The predicted molar refractivity (Wildman–Crippen MR) is 59.6 cm³/mol. The Morgan fingerprint density at radius 2 is 2.20 bits per heavy atom. The Hall–Kier alpha value is -0.610. The first kappa shape index (κ1) is 14.4. The van der Waals surface area contributed by atoms with E-state index in [9.17, 15) is 4.79 Å². The zero-order valence-electron chi connectivity index (χ0n) is 10.2. The highest BCUT2D eigenvalue weighted by Crippen LogP contribution is 2.09. The van der Waals surface area contributed by atoms with Gasteiger partial charge < -0.3 is 15.2 Å². The highest BCUT2D eigenvalue weighted by atomic mass is 16.5. The summed E-state index contributed by atoms with van der Waals surface area (Å²) in [6.45, 7) is 6.29. The van der Waals surface area contributed by atoms with Gasteiger partial charge in [0.05, 0.1) is 12.1 Å². The lowest BCUT2D eigenvalue weighted by Crippen LogP contribution is -2.48. The first-order chi connectivity index (χ1) is 6.97. The van der Waals surface area contributed by atoms with E-state index in [4.69, 9.17) is 9.84 Å². The van der Waals surface area contributed by atoms with E-state index in [1.165, 1.54) is 0 Å². The maximum absolute atomic E-state index is 11.6. The van der Waals surface area contributed by atoms with Gasteiger partial charge in [-0.15, -0.1) is 0 Å². The fraction of sp³-hybridized carbons (Fsp3) is 0.909. The number of nitrogens with one attached hydrogen (secondary N) is 1. The molecule has 0 fully saturated rings. The molecule has 2 N–H and O–H groups in total. The Balaban J connectivity index is 4.02. The van der Waals surface area contributed by atoms with Crippen LogP contribution in [0.5, 0.6) is 0 Å². The first-order valence-electron chi connectivity index (χ1n) is 5.38. The van der Waals surface area contributed by atoms with Crippen molar-refractivity contribution in [2.75, 3.05) is 20.3 Å². The quantitative estimate of drug-likeness (QED) is 0.667. The van der Waals surface area contributed by atoms with Crippen molar-refractivity contribution in [3.63, 3.8) is 0 Å². The number of aliphatic hydroxyl groups excluding tert-OH is 1. The third-order valence-electron chi connectivity index (χ3n) is 2.56. The first-order valence-corrected chi connectivity index (χ1v) is 5.38. The van der Waals surface area contributed by atoms with Crippen molar-refractivity contribution in [3.05, 3.63) is 0 Å². The van der Waals surface area contributed by atoms with Crippen LogP contribution in [0.3, 0.4) is 0 Å². The third-order valence-corrected chi connectivity index (χ3v) is 2.56. The summed E-state index contributed by atoms with van der Waals surface area (Å²) in [4.78, 5) is 11.6. The average molecular weight is 217 g/mol. The topological polar surface area (TPSA) is 58.6 Å². The van der Waals surface area contributed by atoms with Crippen LogP contribution in [0.1, 0.15) is 33.6 Å². The molecule has 0 aromatic rings. The molecule has 0 radical (unpaired) electrons. The summed E-state index contributed by atoms with van der Waals surface area (Å²) in [6, 6.07) is 0. The fourth-order valence-corrected chi connectivity index (χ4v) is 1.29. The van der Waals surface area contributed by atoms with E-state index in [0.717, 1.165) is 0 Å². The van der Waals surface area contributed by atoms with Crippen LogP contribution in [0.25, 0.3) is 0 Å². The number of aliphatic hydroxyl groups is 1. The lowest BCUT2D eigenvalue weighted by molar-refractivity contribution is -0.124. The molecule has 0 spiro atoms. The summed E-state index contributed by atoms with van der Waals surface area (Å²) in [7, 11) is 1.62. The molecule has 0 aliphatic heterocycles. The molecule has 0 saturated carbocycles. The third kappa shape index (κ3) is 5.74. The minimum absolute atomic E-state index is 0.0297. The van der Waals surface area contributed by atoms with E-state index < -0.39 is 5.54 Å². The molecule has 4 nitrogen and oxygen atoms in total. The normalized spacial score (nSPS) is 16.9. The summed E-state index contributed by atoms with van der Waals surface area (Å²) in [5, 5.41) is 12.0. The molecule has 15 heavy (non-hydrogen) atoms. The number of carbonyl (C=O) groups excluding carboxylic acids is 1. The van der Waals surface area contributed by atoms with Crippen molar-refractivity contribution >= 4 is 5.91 Å². The van der Waals surface area contributed by atoms with E-state index in [2.05, 4.69) is 5.32 Å². The number of methoxy groups -OCH3 is 1. The van der Waals surface area contributed by atoms with E-state index in [0.29, 0.717) is 19.4 Å². The Kier molecular flexibility index (Phi) is 6.52. The number of carbonyl (C=O) groups is 1. The summed E-state index contributed by atoms with van der Waals surface area (Å²) >= 11 is 0. The highest BCUT2D eigenvalue weighted by Gasteiger charge is 2.23. The smallest absolute Gasteiger partial charge is 0.220 e. The second-order valence-electron chi connectivity index (χ2n) is 4.39. The maximum Gasteiger partial charge on any atom is 0.220 e. The molecule has 2 unspecified atom stereocenters. The minimum Gasteiger partial charge on any atom is -0.394 e. The van der Waals surface area contributed by atoms with Crippen molar-refractivity contribution in [1.82, 2.24) is 5.32 Å². The molecule has 0 rings (SSSR count). The standard InChI is InChI=1S/C11H23NO3/c1-5-11(3,8-13)12-10(14)6-9(2)7-15-4/h9,13H,5-8H2,1-4H3,(H,12,14). The van der Waals surface area contributed by atoms with E-state index in [1.54, 1.807) is 7.11 Å². The van der Waals surface area contributed by atoms with Crippen LogP contribution in [0.15, 0.2) is 0 Å². The van der Waals surface area contributed by atoms with Gasteiger partial charge in [-0.05, 0) is 19.3 Å². The molecular formula is C11H23NO3. The Labute approximate surface area is 92.0 Å². The molecule has 2 atom stereocenters. The second-order valence-corrected chi connectivity index (χ2v) is 4.39. The largest absolute Gasteiger partial charge is 0.394 e.